The first kappa shape index (κ1) is 14.4. The Morgan fingerprint density at radius 1 is 1.38 bits per heavy atom. The van der Waals surface area contributed by atoms with Crippen LogP contribution >= 0.6 is 11.3 Å². The molecule has 3 nitrogen and oxygen atoms in total. The second kappa shape index (κ2) is 6.06. The van der Waals surface area contributed by atoms with Crippen LogP contribution in [0.5, 0.6) is 5.75 Å². The summed E-state index contributed by atoms with van der Waals surface area (Å²) in [4.78, 5) is 15.2. The van der Waals surface area contributed by atoms with Gasteiger partial charge in [-0.05, 0) is 43.9 Å². The highest BCUT2D eigenvalue weighted by atomic mass is 32.1. The van der Waals surface area contributed by atoms with Gasteiger partial charge in [0.1, 0.15) is 5.75 Å². The van der Waals surface area contributed by atoms with Crippen LogP contribution < -0.4 is 15.1 Å². The highest BCUT2D eigenvalue weighted by molar-refractivity contribution is 7.16. The third kappa shape index (κ3) is 2.64. The van der Waals surface area contributed by atoms with Gasteiger partial charge in [-0.15, -0.1) is 11.3 Å². The summed E-state index contributed by atoms with van der Waals surface area (Å²) in [5.41, 5.74) is 1.01. The summed E-state index contributed by atoms with van der Waals surface area (Å²) in [7, 11) is 1.64. The molecule has 0 bridgehead atoms. The first-order chi connectivity index (χ1) is 10.2. The van der Waals surface area contributed by atoms with Gasteiger partial charge in [0.05, 0.1) is 12.8 Å². The van der Waals surface area contributed by atoms with Crippen molar-refractivity contribution in [2.24, 2.45) is 0 Å². The van der Waals surface area contributed by atoms with Crippen molar-refractivity contribution in [2.45, 2.75) is 38.6 Å². The number of piperidine rings is 1. The zero-order chi connectivity index (χ0) is 14.8. The van der Waals surface area contributed by atoms with E-state index in [-0.39, 0.29) is 5.43 Å². The number of hydrogen-bond donors (Lipinski definition) is 0. The molecule has 0 spiro atoms. The minimum absolute atomic E-state index is 0.142. The topological polar surface area (TPSA) is 29.5 Å². The number of methoxy groups -OCH3 is 1. The molecule has 112 valence electrons. The van der Waals surface area contributed by atoms with Crippen molar-refractivity contribution >= 4 is 27.1 Å². The molecule has 2 aromatic rings. The monoisotopic (exact) mass is 303 g/mol. The Kier molecular flexibility index (Phi) is 4.15. The number of ether oxygens (including phenoxy) is 1. The van der Waals surface area contributed by atoms with E-state index in [1.54, 1.807) is 18.4 Å². The van der Waals surface area contributed by atoms with Crippen molar-refractivity contribution < 1.29 is 4.74 Å². The van der Waals surface area contributed by atoms with Gasteiger partial charge in [0.2, 0.25) is 5.43 Å². The lowest BCUT2D eigenvalue weighted by atomic mass is 9.99. The molecule has 0 N–H and O–H groups in total. The summed E-state index contributed by atoms with van der Waals surface area (Å²) in [5.74, 6) is 0.745. The Hall–Kier alpha value is -1.55. The van der Waals surface area contributed by atoms with E-state index in [2.05, 4.69) is 11.8 Å². The third-order valence-electron chi connectivity index (χ3n) is 4.37. The molecule has 21 heavy (non-hydrogen) atoms. The SMILES string of the molecule is CC[C@H]1CCCCN1c1csc2ccc(OC)cc2c1=O. The standard InChI is InChI=1S/C17H21NO2S/c1-3-12-6-4-5-9-18(12)15-11-21-16-8-7-13(20-2)10-14(16)17(15)19/h7-8,10-12H,3-6,9H2,1-2H3/t12-/m0/s1. The Morgan fingerprint density at radius 3 is 3.00 bits per heavy atom. The van der Waals surface area contributed by atoms with E-state index in [1.165, 1.54) is 19.3 Å². The number of fused-ring (bicyclic) bond motifs is 1. The summed E-state index contributed by atoms with van der Waals surface area (Å²) in [6.45, 7) is 3.21. The molecule has 0 aliphatic carbocycles. The average molecular weight is 303 g/mol. The van der Waals surface area contributed by atoms with Crippen LogP contribution in [-0.2, 0) is 0 Å². The van der Waals surface area contributed by atoms with E-state index in [0.717, 1.165) is 34.5 Å². The quantitative estimate of drug-likeness (QED) is 0.857. The average Bonchev–Trinajstić information content (AvgIpc) is 2.55. The lowest BCUT2D eigenvalue weighted by Gasteiger charge is -2.36. The molecule has 1 aliphatic heterocycles. The molecule has 1 aromatic carbocycles. The molecule has 0 unspecified atom stereocenters. The van der Waals surface area contributed by atoms with Gasteiger partial charge in [-0.1, -0.05) is 6.92 Å². The largest absolute Gasteiger partial charge is 0.497 e. The summed E-state index contributed by atoms with van der Waals surface area (Å²) in [6.07, 6.45) is 4.74. The highest BCUT2D eigenvalue weighted by Crippen LogP contribution is 2.29. The van der Waals surface area contributed by atoms with E-state index in [1.807, 2.05) is 23.6 Å². The molecule has 1 atom stereocenters. The number of benzene rings is 1. The zero-order valence-corrected chi connectivity index (χ0v) is 13.4. The minimum Gasteiger partial charge on any atom is -0.497 e. The molecule has 0 saturated carbocycles. The van der Waals surface area contributed by atoms with Gasteiger partial charge in [0.25, 0.3) is 0 Å². The second-order valence-corrected chi connectivity index (χ2v) is 6.47. The maximum absolute atomic E-state index is 12.9. The molecule has 1 aromatic heterocycles. The molecular weight excluding hydrogens is 282 g/mol. The predicted molar refractivity (Wildman–Crippen MR) is 89.9 cm³/mol. The van der Waals surface area contributed by atoms with Crippen LogP contribution in [0.25, 0.3) is 10.1 Å². The normalized spacial score (nSPS) is 19.0. The maximum atomic E-state index is 12.9. The molecule has 1 fully saturated rings. The van der Waals surface area contributed by atoms with Crippen molar-refractivity contribution in [3.05, 3.63) is 33.8 Å². The van der Waals surface area contributed by atoms with Gasteiger partial charge in [-0.25, -0.2) is 0 Å². The van der Waals surface area contributed by atoms with Crippen molar-refractivity contribution in [3.8, 4) is 5.75 Å². The highest BCUT2D eigenvalue weighted by Gasteiger charge is 2.23. The summed E-state index contributed by atoms with van der Waals surface area (Å²) in [6, 6.07) is 6.25. The zero-order valence-electron chi connectivity index (χ0n) is 12.6. The Balaban J connectivity index is 2.10. The van der Waals surface area contributed by atoms with Crippen molar-refractivity contribution in [2.75, 3.05) is 18.6 Å². The first-order valence-corrected chi connectivity index (χ1v) is 8.48. The Bertz CT molecular complexity index is 695. The van der Waals surface area contributed by atoms with Crippen LogP contribution in [0.1, 0.15) is 32.6 Å². The van der Waals surface area contributed by atoms with Crippen molar-refractivity contribution in [1.82, 2.24) is 0 Å². The summed E-state index contributed by atoms with van der Waals surface area (Å²) >= 11 is 1.65. The number of hydrogen-bond acceptors (Lipinski definition) is 4. The fourth-order valence-electron chi connectivity index (χ4n) is 3.17. The predicted octanol–water partition coefficient (Wildman–Crippen LogP) is 4.04. The van der Waals surface area contributed by atoms with E-state index in [0.29, 0.717) is 6.04 Å². The van der Waals surface area contributed by atoms with E-state index >= 15 is 0 Å². The van der Waals surface area contributed by atoms with E-state index in [4.69, 9.17) is 4.74 Å². The molecular formula is C17H21NO2S. The Labute approximate surface area is 129 Å². The number of nitrogens with zero attached hydrogens (tertiary/aromatic N) is 1. The van der Waals surface area contributed by atoms with Crippen LogP contribution in [0, 0.1) is 0 Å². The number of rotatable bonds is 3. The van der Waals surface area contributed by atoms with Crippen LogP contribution in [0.15, 0.2) is 28.4 Å². The number of anilines is 1. The molecule has 3 rings (SSSR count). The van der Waals surface area contributed by atoms with Crippen LogP contribution in [0.3, 0.4) is 0 Å². The van der Waals surface area contributed by atoms with Gasteiger partial charge < -0.3 is 9.64 Å². The summed E-state index contributed by atoms with van der Waals surface area (Å²) in [5, 5.41) is 2.81. The van der Waals surface area contributed by atoms with Gasteiger partial charge >= 0.3 is 0 Å². The lowest BCUT2D eigenvalue weighted by molar-refractivity contribution is 0.415. The molecule has 2 heterocycles. The van der Waals surface area contributed by atoms with Gasteiger partial charge in [-0.3, -0.25) is 4.79 Å². The van der Waals surface area contributed by atoms with Crippen molar-refractivity contribution in [1.29, 1.82) is 0 Å². The first-order valence-electron chi connectivity index (χ1n) is 7.60. The maximum Gasteiger partial charge on any atom is 0.211 e. The van der Waals surface area contributed by atoms with Gasteiger partial charge in [0.15, 0.2) is 0 Å². The molecule has 0 radical (unpaired) electrons. The minimum atomic E-state index is 0.142. The summed E-state index contributed by atoms with van der Waals surface area (Å²) < 4.78 is 6.28. The van der Waals surface area contributed by atoms with E-state index < -0.39 is 0 Å². The molecule has 4 heteroatoms. The fraction of sp³-hybridized carbons (Fsp3) is 0.471. The van der Waals surface area contributed by atoms with Gasteiger partial charge in [-0.2, -0.15) is 0 Å². The molecule has 1 aliphatic rings. The lowest BCUT2D eigenvalue weighted by Crippen LogP contribution is -2.41. The van der Waals surface area contributed by atoms with Crippen molar-refractivity contribution in [3.63, 3.8) is 0 Å². The van der Waals surface area contributed by atoms with Crippen LogP contribution in [-0.4, -0.2) is 19.7 Å². The molecule has 1 saturated heterocycles. The van der Waals surface area contributed by atoms with Gasteiger partial charge in [0, 0.05) is 28.1 Å². The fourth-order valence-corrected chi connectivity index (χ4v) is 4.07. The second-order valence-electron chi connectivity index (χ2n) is 5.56. The smallest absolute Gasteiger partial charge is 0.211 e. The third-order valence-corrected chi connectivity index (χ3v) is 5.32. The van der Waals surface area contributed by atoms with Crippen LogP contribution in [0.4, 0.5) is 5.69 Å². The van der Waals surface area contributed by atoms with E-state index in [9.17, 15) is 4.79 Å². The van der Waals surface area contributed by atoms with Crippen LogP contribution in [0.2, 0.25) is 0 Å². The molecule has 0 amide bonds. The Morgan fingerprint density at radius 2 is 2.24 bits per heavy atom.